The first kappa shape index (κ1) is 20.9. The average molecular weight is 302 g/mol. The first-order valence-electron chi connectivity index (χ1n) is 9.12. The molecular formula is C18H39NO2. The maximum absolute atomic E-state index is 9.66. The molecule has 0 amide bonds. The fraction of sp³-hybridized carbons (Fsp3) is 1.00. The molecule has 0 saturated carbocycles. The minimum Gasteiger partial charge on any atom is -0.396 e. The van der Waals surface area contributed by atoms with Gasteiger partial charge in [0.1, 0.15) is 0 Å². The van der Waals surface area contributed by atoms with Crippen LogP contribution in [-0.4, -0.2) is 48.0 Å². The van der Waals surface area contributed by atoms with Crippen molar-refractivity contribution < 1.29 is 10.2 Å². The average Bonchev–Trinajstić information content (AvgIpc) is 2.52. The van der Waals surface area contributed by atoms with Gasteiger partial charge < -0.3 is 15.1 Å². The minimum absolute atomic E-state index is 0.0837. The summed E-state index contributed by atoms with van der Waals surface area (Å²) in [6.45, 7) is 9.75. The largest absolute Gasteiger partial charge is 0.396 e. The van der Waals surface area contributed by atoms with E-state index in [1.807, 2.05) is 0 Å². The van der Waals surface area contributed by atoms with Crippen molar-refractivity contribution in [1.29, 1.82) is 0 Å². The molecule has 128 valence electrons. The quantitative estimate of drug-likeness (QED) is 0.452. The van der Waals surface area contributed by atoms with Gasteiger partial charge in [0.15, 0.2) is 0 Å². The van der Waals surface area contributed by atoms with Crippen molar-refractivity contribution in [1.82, 2.24) is 4.90 Å². The Morgan fingerprint density at radius 2 is 1.19 bits per heavy atom. The van der Waals surface area contributed by atoms with Gasteiger partial charge in [-0.25, -0.2) is 0 Å². The molecule has 0 aliphatic heterocycles. The molecule has 0 atom stereocenters. The standard InChI is InChI=1S/C18H39NO2/c1-4-7-9-11-13-19(14-12-10-8-5-2)15-18(6-3,16-20)17-21/h20-21H,4-17H2,1-3H3. The fourth-order valence-electron chi connectivity index (χ4n) is 2.75. The van der Waals surface area contributed by atoms with Crippen LogP contribution in [0.2, 0.25) is 0 Å². The molecule has 0 aliphatic rings. The minimum atomic E-state index is -0.324. The van der Waals surface area contributed by atoms with Crippen LogP contribution < -0.4 is 0 Å². The molecule has 3 heteroatoms. The van der Waals surface area contributed by atoms with Gasteiger partial charge in [-0.05, 0) is 32.4 Å². The van der Waals surface area contributed by atoms with E-state index < -0.39 is 0 Å². The zero-order chi connectivity index (χ0) is 16.0. The van der Waals surface area contributed by atoms with E-state index in [1.165, 1.54) is 51.4 Å². The third-order valence-corrected chi connectivity index (χ3v) is 4.64. The summed E-state index contributed by atoms with van der Waals surface area (Å²) in [4.78, 5) is 2.47. The van der Waals surface area contributed by atoms with Crippen LogP contribution in [0.1, 0.15) is 78.6 Å². The Kier molecular flexibility index (Phi) is 13.5. The fourth-order valence-corrected chi connectivity index (χ4v) is 2.75. The van der Waals surface area contributed by atoms with E-state index in [4.69, 9.17) is 0 Å². The second-order valence-electron chi connectivity index (χ2n) is 6.57. The van der Waals surface area contributed by atoms with Crippen LogP contribution in [0.3, 0.4) is 0 Å². The van der Waals surface area contributed by atoms with Crippen molar-refractivity contribution in [2.45, 2.75) is 78.6 Å². The van der Waals surface area contributed by atoms with E-state index in [-0.39, 0.29) is 18.6 Å². The molecule has 0 aromatic carbocycles. The summed E-state index contributed by atoms with van der Waals surface area (Å²) in [5, 5.41) is 19.3. The predicted octanol–water partition coefficient (Wildman–Crippen LogP) is 3.83. The van der Waals surface area contributed by atoms with Crippen LogP contribution in [0.25, 0.3) is 0 Å². The van der Waals surface area contributed by atoms with Crippen LogP contribution in [0.15, 0.2) is 0 Å². The van der Waals surface area contributed by atoms with Gasteiger partial charge in [-0.3, -0.25) is 0 Å². The highest BCUT2D eigenvalue weighted by Crippen LogP contribution is 2.23. The number of rotatable bonds is 15. The van der Waals surface area contributed by atoms with Crippen LogP contribution in [0.5, 0.6) is 0 Å². The SMILES string of the molecule is CCCCCCN(CCCCCC)CC(CC)(CO)CO. The van der Waals surface area contributed by atoms with Crippen molar-refractivity contribution in [2.75, 3.05) is 32.8 Å². The summed E-state index contributed by atoms with van der Waals surface area (Å²) in [7, 11) is 0. The van der Waals surface area contributed by atoms with Gasteiger partial charge in [0, 0.05) is 12.0 Å². The van der Waals surface area contributed by atoms with Crippen LogP contribution in [0.4, 0.5) is 0 Å². The Bertz CT molecular complexity index is 197. The van der Waals surface area contributed by atoms with Crippen molar-refractivity contribution in [2.24, 2.45) is 5.41 Å². The van der Waals surface area contributed by atoms with Gasteiger partial charge >= 0.3 is 0 Å². The van der Waals surface area contributed by atoms with Gasteiger partial charge in [0.2, 0.25) is 0 Å². The van der Waals surface area contributed by atoms with Crippen LogP contribution in [-0.2, 0) is 0 Å². The molecule has 0 heterocycles. The van der Waals surface area contributed by atoms with Crippen molar-refractivity contribution in [3.8, 4) is 0 Å². The molecule has 3 nitrogen and oxygen atoms in total. The van der Waals surface area contributed by atoms with E-state index in [1.54, 1.807) is 0 Å². The Labute approximate surface area is 132 Å². The van der Waals surface area contributed by atoms with E-state index in [2.05, 4.69) is 25.7 Å². The van der Waals surface area contributed by atoms with Gasteiger partial charge in [0.25, 0.3) is 0 Å². The van der Waals surface area contributed by atoms with Gasteiger partial charge in [-0.2, -0.15) is 0 Å². The number of aliphatic hydroxyl groups is 2. The van der Waals surface area contributed by atoms with E-state index in [9.17, 15) is 10.2 Å². The first-order valence-corrected chi connectivity index (χ1v) is 9.12. The first-order chi connectivity index (χ1) is 10.2. The molecule has 0 radical (unpaired) electrons. The summed E-state index contributed by atoms with van der Waals surface area (Å²) in [6, 6.07) is 0. The third kappa shape index (κ3) is 9.49. The number of hydrogen-bond donors (Lipinski definition) is 2. The second kappa shape index (κ2) is 13.5. The normalized spacial score (nSPS) is 12.3. The van der Waals surface area contributed by atoms with Gasteiger partial charge in [-0.15, -0.1) is 0 Å². The van der Waals surface area contributed by atoms with Crippen molar-refractivity contribution in [3.63, 3.8) is 0 Å². The Hall–Kier alpha value is -0.120. The molecule has 0 aromatic rings. The van der Waals surface area contributed by atoms with E-state index in [0.29, 0.717) is 0 Å². The van der Waals surface area contributed by atoms with Crippen LogP contribution >= 0.6 is 0 Å². The predicted molar refractivity (Wildman–Crippen MR) is 91.6 cm³/mol. The van der Waals surface area contributed by atoms with Crippen molar-refractivity contribution in [3.05, 3.63) is 0 Å². The summed E-state index contributed by atoms with van der Waals surface area (Å²) >= 11 is 0. The summed E-state index contributed by atoms with van der Waals surface area (Å²) < 4.78 is 0. The molecule has 0 fully saturated rings. The molecule has 0 aliphatic carbocycles. The topological polar surface area (TPSA) is 43.7 Å². The lowest BCUT2D eigenvalue weighted by Crippen LogP contribution is -2.43. The maximum atomic E-state index is 9.66. The molecule has 0 unspecified atom stereocenters. The summed E-state index contributed by atoms with van der Waals surface area (Å²) in [5.41, 5.74) is -0.324. The highest BCUT2D eigenvalue weighted by Gasteiger charge is 2.29. The highest BCUT2D eigenvalue weighted by molar-refractivity contribution is 4.80. The number of hydrogen-bond acceptors (Lipinski definition) is 3. The summed E-state index contributed by atoms with van der Waals surface area (Å²) in [5.74, 6) is 0. The number of aliphatic hydroxyl groups excluding tert-OH is 2. The van der Waals surface area contributed by atoms with Gasteiger partial charge in [-0.1, -0.05) is 59.3 Å². The van der Waals surface area contributed by atoms with E-state index in [0.717, 1.165) is 26.1 Å². The highest BCUT2D eigenvalue weighted by atomic mass is 16.3. The number of unbranched alkanes of at least 4 members (excludes halogenated alkanes) is 6. The third-order valence-electron chi connectivity index (χ3n) is 4.64. The monoisotopic (exact) mass is 301 g/mol. The molecule has 0 saturated heterocycles. The molecule has 2 N–H and O–H groups in total. The maximum Gasteiger partial charge on any atom is 0.0521 e. The van der Waals surface area contributed by atoms with Crippen LogP contribution in [0, 0.1) is 5.41 Å². The molecule has 0 rings (SSSR count). The lowest BCUT2D eigenvalue weighted by atomic mass is 9.86. The summed E-state index contributed by atoms with van der Waals surface area (Å²) in [6.07, 6.45) is 11.0. The Morgan fingerprint density at radius 3 is 1.52 bits per heavy atom. The lowest BCUT2D eigenvalue weighted by molar-refractivity contribution is 0.0172. The zero-order valence-corrected chi connectivity index (χ0v) is 14.7. The molecule has 0 spiro atoms. The van der Waals surface area contributed by atoms with Crippen molar-refractivity contribution >= 4 is 0 Å². The smallest absolute Gasteiger partial charge is 0.0521 e. The van der Waals surface area contributed by atoms with E-state index >= 15 is 0 Å². The number of nitrogens with zero attached hydrogens (tertiary/aromatic N) is 1. The zero-order valence-electron chi connectivity index (χ0n) is 14.7. The molecular weight excluding hydrogens is 262 g/mol. The Morgan fingerprint density at radius 1 is 0.714 bits per heavy atom. The second-order valence-corrected chi connectivity index (χ2v) is 6.57. The van der Waals surface area contributed by atoms with Gasteiger partial charge in [0.05, 0.1) is 13.2 Å². The lowest BCUT2D eigenvalue weighted by Gasteiger charge is -2.35. The molecule has 21 heavy (non-hydrogen) atoms. The molecule has 0 aromatic heterocycles. The molecule has 0 bridgehead atoms. The Balaban J connectivity index is 4.32.